The molecular weight excluding hydrogens is 350 g/mol. The van der Waals surface area contributed by atoms with Crippen LogP contribution in [0.5, 0.6) is 0 Å². The summed E-state index contributed by atoms with van der Waals surface area (Å²) in [7, 11) is -2.26. The Morgan fingerprint density at radius 3 is 2.60 bits per heavy atom. The lowest BCUT2D eigenvalue weighted by atomic mass is 10.4. The Labute approximate surface area is 146 Å². The van der Waals surface area contributed by atoms with Crippen LogP contribution in [0.4, 0.5) is 0 Å². The Morgan fingerprint density at radius 1 is 1.24 bits per heavy atom. The van der Waals surface area contributed by atoms with Crippen LogP contribution in [0.1, 0.15) is 0 Å². The molecule has 1 atom stereocenters. The molecular formula is C15H21N3O6S. The summed E-state index contributed by atoms with van der Waals surface area (Å²) in [4.78, 5) is 23.5. The van der Waals surface area contributed by atoms with E-state index in [0.29, 0.717) is 0 Å². The van der Waals surface area contributed by atoms with E-state index in [1.807, 2.05) is 0 Å². The van der Waals surface area contributed by atoms with E-state index in [1.54, 1.807) is 18.2 Å². The fraction of sp³-hybridized carbons (Fsp3) is 0.467. The number of nitrogens with one attached hydrogen (secondary N) is 2. The monoisotopic (exact) mass is 371 g/mol. The maximum absolute atomic E-state index is 12.6. The van der Waals surface area contributed by atoms with Crippen LogP contribution in [-0.2, 0) is 29.1 Å². The van der Waals surface area contributed by atoms with Crippen LogP contribution in [0.25, 0.3) is 0 Å². The van der Waals surface area contributed by atoms with Crippen LogP contribution in [0.15, 0.2) is 35.2 Å². The van der Waals surface area contributed by atoms with E-state index < -0.39 is 28.1 Å². The number of carbonyl (C=O) groups is 2. The molecule has 138 valence electrons. The third-order valence-corrected chi connectivity index (χ3v) is 5.43. The molecule has 0 bridgehead atoms. The maximum Gasteiger partial charge on any atom is 0.309 e. The van der Waals surface area contributed by atoms with Crippen LogP contribution in [0.2, 0.25) is 0 Å². The lowest BCUT2D eigenvalue weighted by molar-refractivity contribution is -0.139. The van der Waals surface area contributed by atoms with Gasteiger partial charge in [0.05, 0.1) is 24.7 Å². The molecule has 0 aliphatic carbocycles. The first-order chi connectivity index (χ1) is 12.0. The summed E-state index contributed by atoms with van der Waals surface area (Å²) < 4.78 is 36.6. The molecule has 0 spiro atoms. The van der Waals surface area contributed by atoms with Crippen molar-refractivity contribution in [2.75, 3.05) is 40.0 Å². The molecule has 2 amide bonds. The van der Waals surface area contributed by atoms with E-state index >= 15 is 0 Å². The number of rotatable bonds is 7. The summed E-state index contributed by atoms with van der Waals surface area (Å²) in [6.07, 6.45) is -0.860. The molecule has 0 radical (unpaired) electrons. The molecule has 1 heterocycles. The van der Waals surface area contributed by atoms with Crippen LogP contribution >= 0.6 is 0 Å². The number of sulfonamides is 1. The molecule has 1 fully saturated rings. The van der Waals surface area contributed by atoms with Crippen molar-refractivity contribution >= 4 is 21.8 Å². The summed E-state index contributed by atoms with van der Waals surface area (Å²) in [5, 5.41) is 4.76. The Kier molecular flexibility index (Phi) is 6.88. The number of hydrogen-bond acceptors (Lipinski definition) is 6. The first kappa shape index (κ1) is 19.3. The average molecular weight is 371 g/mol. The van der Waals surface area contributed by atoms with E-state index in [0.717, 1.165) is 0 Å². The molecule has 1 saturated heterocycles. The Hall–Kier alpha value is -2.01. The third kappa shape index (κ3) is 4.98. The van der Waals surface area contributed by atoms with Gasteiger partial charge in [-0.3, -0.25) is 9.59 Å². The summed E-state index contributed by atoms with van der Waals surface area (Å²) in [5.74, 6) is -1.67. The molecule has 1 aromatic carbocycles. The summed E-state index contributed by atoms with van der Waals surface area (Å²) in [6.45, 7) is 0.762. The highest BCUT2D eigenvalue weighted by Gasteiger charge is 2.36. The van der Waals surface area contributed by atoms with Gasteiger partial charge in [0, 0.05) is 20.2 Å². The lowest BCUT2D eigenvalue weighted by Gasteiger charge is -2.22. The number of carbonyl (C=O) groups excluding carboxylic acids is 2. The summed E-state index contributed by atoms with van der Waals surface area (Å²) >= 11 is 0. The quantitative estimate of drug-likeness (QED) is 0.465. The minimum absolute atomic E-state index is 0.122. The minimum Gasteiger partial charge on any atom is -0.383 e. The normalized spacial score (nSPS) is 18.0. The second-order valence-electron chi connectivity index (χ2n) is 5.21. The topological polar surface area (TPSA) is 114 Å². The van der Waals surface area contributed by atoms with Gasteiger partial charge in [-0.1, -0.05) is 18.2 Å². The van der Waals surface area contributed by atoms with Gasteiger partial charge >= 0.3 is 11.8 Å². The van der Waals surface area contributed by atoms with E-state index in [-0.39, 0.29) is 37.7 Å². The molecule has 25 heavy (non-hydrogen) atoms. The van der Waals surface area contributed by atoms with Gasteiger partial charge in [-0.2, -0.15) is 4.31 Å². The van der Waals surface area contributed by atoms with E-state index in [1.165, 1.54) is 23.5 Å². The van der Waals surface area contributed by atoms with Crippen molar-refractivity contribution in [3.63, 3.8) is 0 Å². The van der Waals surface area contributed by atoms with Crippen molar-refractivity contribution < 1.29 is 27.5 Å². The van der Waals surface area contributed by atoms with Gasteiger partial charge in [0.25, 0.3) is 0 Å². The van der Waals surface area contributed by atoms with Gasteiger partial charge in [0.15, 0.2) is 0 Å². The van der Waals surface area contributed by atoms with Crippen molar-refractivity contribution in [1.82, 2.24) is 14.9 Å². The molecule has 1 aliphatic heterocycles. The number of benzene rings is 1. The highest BCUT2D eigenvalue weighted by Crippen LogP contribution is 2.21. The molecule has 2 rings (SSSR count). The molecule has 1 aliphatic rings. The second-order valence-corrected chi connectivity index (χ2v) is 7.10. The SMILES string of the molecule is COCCNC(=O)C(=O)NC[C@@H]1OCCN1S(=O)(=O)c1ccccc1. The molecule has 0 aromatic heterocycles. The van der Waals surface area contributed by atoms with Crippen LogP contribution < -0.4 is 10.6 Å². The number of hydrogen-bond donors (Lipinski definition) is 2. The molecule has 1 aromatic rings. The highest BCUT2D eigenvalue weighted by atomic mass is 32.2. The van der Waals surface area contributed by atoms with Gasteiger partial charge in [0.1, 0.15) is 6.23 Å². The molecule has 0 unspecified atom stereocenters. The average Bonchev–Trinajstić information content (AvgIpc) is 3.10. The van der Waals surface area contributed by atoms with Crippen molar-refractivity contribution in [1.29, 1.82) is 0 Å². The maximum atomic E-state index is 12.6. The van der Waals surface area contributed by atoms with Gasteiger partial charge in [-0.25, -0.2) is 8.42 Å². The zero-order valence-corrected chi connectivity index (χ0v) is 14.6. The first-order valence-electron chi connectivity index (χ1n) is 7.70. The van der Waals surface area contributed by atoms with Gasteiger partial charge in [-0.15, -0.1) is 0 Å². The number of amides is 2. The molecule has 2 N–H and O–H groups in total. The van der Waals surface area contributed by atoms with Crippen LogP contribution in [0.3, 0.4) is 0 Å². The van der Waals surface area contributed by atoms with Gasteiger partial charge in [-0.05, 0) is 12.1 Å². The minimum atomic E-state index is -3.73. The van der Waals surface area contributed by atoms with Gasteiger partial charge < -0.3 is 20.1 Å². The predicted octanol–water partition coefficient (Wildman–Crippen LogP) is -1.09. The van der Waals surface area contributed by atoms with Crippen molar-refractivity contribution in [3.05, 3.63) is 30.3 Å². The van der Waals surface area contributed by atoms with Crippen LogP contribution in [0, 0.1) is 0 Å². The third-order valence-electron chi connectivity index (χ3n) is 3.53. The Balaban J connectivity index is 1.94. The summed E-state index contributed by atoms with van der Waals surface area (Å²) in [5.41, 5.74) is 0. The largest absolute Gasteiger partial charge is 0.383 e. The molecule has 0 saturated carbocycles. The molecule has 10 heteroatoms. The van der Waals surface area contributed by atoms with E-state index in [9.17, 15) is 18.0 Å². The number of ether oxygens (including phenoxy) is 2. The second kappa shape index (κ2) is 8.90. The molecule has 9 nitrogen and oxygen atoms in total. The van der Waals surface area contributed by atoms with E-state index in [4.69, 9.17) is 9.47 Å². The smallest absolute Gasteiger partial charge is 0.309 e. The van der Waals surface area contributed by atoms with Gasteiger partial charge in [0.2, 0.25) is 10.0 Å². The fourth-order valence-electron chi connectivity index (χ4n) is 2.28. The van der Waals surface area contributed by atoms with Crippen molar-refractivity contribution in [2.45, 2.75) is 11.1 Å². The predicted molar refractivity (Wildman–Crippen MR) is 88.0 cm³/mol. The van der Waals surface area contributed by atoms with Crippen LogP contribution in [-0.4, -0.2) is 70.7 Å². The zero-order chi connectivity index (χ0) is 18.3. The Bertz CT molecular complexity index is 694. The van der Waals surface area contributed by atoms with Crippen molar-refractivity contribution in [3.8, 4) is 0 Å². The first-order valence-corrected chi connectivity index (χ1v) is 9.14. The lowest BCUT2D eigenvalue weighted by Crippen LogP contribution is -2.47. The highest BCUT2D eigenvalue weighted by molar-refractivity contribution is 7.89. The fourth-order valence-corrected chi connectivity index (χ4v) is 3.81. The zero-order valence-electron chi connectivity index (χ0n) is 13.8. The number of nitrogens with zero attached hydrogens (tertiary/aromatic N) is 1. The number of methoxy groups -OCH3 is 1. The summed E-state index contributed by atoms with van der Waals surface area (Å²) in [6, 6.07) is 7.97. The van der Waals surface area contributed by atoms with E-state index in [2.05, 4.69) is 10.6 Å². The standard InChI is InChI=1S/C15H21N3O6S/c1-23-9-7-16-14(19)15(20)17-11-13-18(8-10-24-13)25(21,22)12-5-3-2-4-6-12/h2-6,13H,7-11H2,1H3,(H,16,19)(H,17,20)/t13-/m0/s1. The van der Waals surface area contributed by atoms with Crippen molar-refractivity contribution in [2.24, 2.45) is 0 Å². The Morgan fingerprint density at radius 2 is 1.92 bits per heavy atom.